The van der Waals surface area contributed by atoms with Crippen LogP contribution >= 0.6 is 43.5 Å². The van der Waals surface area contributed by atoms with Crippen molar-refractivity contribution >= 4 is 43.5 Å². The van der Waals surface area contributed by atoms with Crippen LogP contribution in [0, 0.1) is 0 Å². The standard InChI is InChI=1S/C15H14Br2ClN/c1-15(19,9-10-2-4-11(16)5-3-10)13-7-6-12(17)8-14(13)18/h2-8H,9,19H2,1H3. The molecule has 0 radical (unpaired) electrons. The van der Waals surface area contributed by atoms with Crippen molar-refractivity contribution < 1.29 is 0 Å². The molecule has 0 bridgehead atoms. The van der Waals surface area contributed by atoms with Crippen LogP contribution in [-0.4, -0.2) is 0 Å². The fraction of sp³-hybridized carbons (Fsp3) is 0.200. The molecular weight excluding hydrogens is 389 g/mol. The van der Waals surface area contributed by atoms with Crippen molar-refractivity contribution in [2.75, 3.05) is 0 Å². The summed E-state index contributed by atoms with van der Waals surface area (Å²) < 4.78 is 2.03. The lowest BCUT2D eigenvalue weighted by atomic mass is 9.86. The molecule has 1 nitrogen and oxygen atoms in total. The molecule has 0 amide bonds. The van der Waals surface area contributed by atoms with Gasteiger partial charge in [-0.3, -0.25) is 0 Å². The zero-order chi connectivity index (χ0) is 14.0. The second kappa shape index (κ2) is 5.96. The molecule has 0 saturated carbocycles. The summed E-state index contributed by atoms with van der Waals surface area (Å²) in [7, 11) is 0. The molecule has 2 rings (SSSR count). The predicted molar refractivity (Wildman–Crippen MR) is 88.5 cm³/mol. The molecule has 0 aliphatic rings. The summed E-state index contributed by atoms with van der Waals surface area (Å²) in [6.45, 7) is 2.00. The lowest BCUT2D eigenvalue weighted by molar-refractivity contribution is 0.491. The maximum absolute atomic E-state index is 6.45. The Morgan fingerprint density at radius 1 is 1.05 bits per heavy atom. The van der Waals surface area contributed by atoms with Gasteiger partial charge in [-0.1, -0.05) is 61.7 Å². The SMILES string of the molecule is CC(N)(Cc1ccc(Br)cc1)c1ccc(Br)cc1Cl. The maximum Gasteiger partial charge on any atom is 0.0467 e. The van der Waals surface area contributed by atoms with Crippen molar-refractivity contribution in [1.29, 1.82) is 0 Å². The number of hydrogen-bond donors (Lipinski definition) is 1. The molecule has 2 aromatic carbocycles. The van der Waals surface area contributed by atoms with Gasteiger partial charge in [0, 0.05) is 19.5 Å². The van der Waals surface area contributed by atoms with E-state index in [9.17, 15) is 0 Å². The number of halogens is 3. The third-order valence-corrected chi connectivity index (χ3v) is 4.37. The molecule has 0 spiro atoms. The normalized spacial score (nSPS) is 14.2. The van der Waals surface area contributed by atoms with Gasteiger partial charge in [0.1, 0.15) is 0 Å². The first kappa shape index (κ1) is 15.0. The third-order valence-electron chi connectivity index (χ3n) is 3.03. The lowest BCUT2D eigenvalue weighted by Crippen LogP contribution is -2.35. The second-order valence-corrected chi connectivity index (χ2v) is 7.08. The van der Waals surface area contributed by atoms with Crippen LogP contribution in [0.15, 0.2) is 51.4 Å². The van der Waals surface area contributed by atoms with Crippen LogP contribution in [0.1, 0.15) is 18.1 Å². The smallest absolute Gasteiger partial charge is 0.0467 e. The van der Waals surface area contributed by atoms with Gasteiger partial charge in [-0.05, 0) is 48.7 Å². The van der Waals surface area contributed by atoms with Crippen molar-refractivity contribution in [2.24, 2.45) is 5.73 Å². The van der Waals surface area contributed by atoms with E-state index in [0.29, 0.717) is 5.02 Å². The molecule has 1 unspecified atom stereocenters. The van der Waals surface area contributed by atoms with E-state index >= 15 is 0 Å². The first-order valence-corrected chi connectivity index (χ1v) is 7.84. The minimum Gasteiger partial charge on any atom is -0.321 e. The lowest BCUT2D eigenvalue weighted by Gasteiger charge is -2.26. The van der Waals surface area contributed by atoms with Crippen molar-refractivity contribution in [3.05, 3.63) is 67.6 Å². The summed E-state index contributed by atoms with van der Waals surface area (Å²) in [5.74, 6) is 0. The van der Waals surface area contributed by atoms with Crippen LogP contribution in [0.3, 0.4) is 0 Å². The number of nitrogens with two attached hydrogens (primary N) is 1. The van der Waals surface area contributed by atoms with Crippen molar-refractivity contribution in [2.45, 2.75) is 18.9 Å². The van der Waals surface area contributed by atoms with Gasteiger partial charge < -0.3 is 5.73 Å². The van der Waals surface area contributed by atoms with Gasteiger partial charge in [0.25, 0.3) is 0 Å². The van der Waals surface area contributed by atoms with E-state index in [2.05, 4.69) is 44.0 Å². The predicted octanol–water partition coefficient (Wildman–Crippen LogP) is 5.28. The Kier molecular flexibility index (Phi) is 4.72. The molecule has 0 fully saturated rings. The zero-order valence-electron chi connectivity index (χ0n) is 10.5. The Morgan fingerprint density at radius 2 is 1.63 bits per heavy atom. The van der Waals surface area contributed by atoms with Gasteiger partial charge in [0.15, 0.2) is 0 Å². The Morgan fingerprint density at radius 3 is 2.21 bits per heavy atom. The Labute approximate surface area is 135 Å². The minimum atomic E-state index is -0.494. The molecule has 0 heterocycles. The average molecular weight is 404 g/mol. The molecule has 0 aliphatic carbocycles. The zero-order valence-corrected chi connectivity index (χ0v) is 14.4. The Hall–Kier alpha value is -0.350. The highest BCUT2D eigenvalue weighted by Crippen LogP contribution is 2.31. The largest absolute Gasteiger partial charge is 0.321 e. The molecule has 2 N–H and O–H groups in total. The fourth-order valence-electron chi connectivity index (χ4n) is 2.07. The van der Waals surface area contributed by atoms with Crippen molar-refractivity contribution in [3.8, 4) is 0 Å². The van der Waals surface area contributed by atoms with Gasteiger partial charge >= 0.3 is 0 Å². The fourth-order valence-corrected chi connectivity index (χ4v) is 3.23. The molecule has 0 aliphatic heterocycles. The van der Waals surface area contributed by atoms with Gasteiger partial charge in [-0.25, -0.2) is 0 Å². The summed E-state index contributed by atoms with van der Waals surface area (Å²) in [4.78, 5) is 0. The third kappa shape index (κ3) is 3.82. The van der Waals surface area contributed by atoms with Gasteiger partial charge in [0.2, 0.25) is 0 Å². The van der Waals surface area contributed by atoms with Crippen LogP contribution in [0.25, 0.3) is 0 Å². The van der Waals surface area contributed by atoms with E-state index in [1.165, 1.54) is 5.56 Å². The van der Waals surface area contributed by atoms with E-state index in [1.54, 1.807) is 0 Å². The van der Waals surface area contributed by atoms with Gasteiger partial charge in [0.05, 0.1) is 0 Å². The molecule has 1 atom stereocenters. The Balaban J connectivity index is 2.29. The van der Waals surface area contributed by atoms with E-state index in [0.717, 1.165) is 20.9 Å². The Bertz CT molecular complexity index is 579. The molecule has 100 valence electrons. The first-order chi connectivity index (χ1) is 8.88. The topological polar surface area (TPSA) is 26.0 Å². The van der Waals surface area contributed by atoms with Crippen LogP contribution in [0.5, 0.6) is 0 Å². The maximum atomic E-state index is 6.45. The van der Waals surface area contributed by atoms with E-state index in [1.807, 2.05) is 37.3 Å². The number of hydrogen-bond acceptors (Lipinski definition) is 1. The molecular formula is C15H14Br2ClN. The summed E-state index contributed by atoms with van der Waals surface area (Å²) in [5, 5.41) is 0.691. The van der Waals surface area contributed by atoms with Crippen molar-refractivity contribution in [3.63, 3.8) is 0 Å². The first-order valence-electron chi connectivity index (χ1n) is 5.87. The van der Waals surface area contributed by atoms with Crippen LogP contribution in [-0.2, 0) is 12.0 Å². The van der Waals surface area contributed by atoms with Crippen LogP contribution < -0.4 is 5.73 Å². The highest BCUT2D eigenvalue weighted by molar-refractivity contribution is 9.10. The summed E-state index contributed by atoms with van der Waals surface area (Å²) in [5.41, 5.74) is 8.10. The van der Waals surface area contributed by atoms with Crippen LogP contribution in [0.2, 0.25) is 5.02 Å². The van der Waals surface area contributed by atoms with E-state index in [-0.39, 0.29) is 0 Å². The van der Waals surface area contributed by atoms with Crippen LogP contribution in [0.4, 0.5) is 0 Å². The monoisotopic (exact) mass is 401 g/mol. The molecule has 19 heavy (non-hydrogen) atoms. The highest BCUT2D eigenvalue weighted by atomic mass is 79.9. The van der Waals surface area contributed by atoms with Gasteiger partial charge in [-0.15, -0.1) is 0 Å². The summed E-state index contributed by atoms with van der Waals surface area (Å²) in [6.07, 6.45) is 0.738. The molecule has 2 aromatic rings. The number of benzene rings is 2. The second-order valence-electron chi connectivity index (χ2n) is 4.84. The van der Waals surface area contributed by atoms with Gasteiger partial charge in [-0.2, -0.15) is 0 Å². The molecule has 4 heteroatoms. The van der Waals surface area contributed by atoms with E-state index in [4.69, 9.17) is 17.3 Å². The average Bonchev–Trinajstić information content (AvgIpc) is 2.31. The van der Waals surface area contributed by atoms with Crippen molar-refractivity contribution in [1.82, 2.24) is 0 Å². The summed E-state index contributed by atoms with van der Waals surface area (Å²) in [6, 6.07) is 14.0. The molecule has 0 aromatic heterocycles. The highest BCUT2D eigenvalue weighted by Gasteiger charge is 2.24. The molecule has 0 saturated heterocycles. The number of rotatable bonds is 3. The summed E-state index contributed by atoms with van der Waals surface area (Å²) >= 11 is 13.1. The quantitative estimate of drug-likeness (QED) is 0.741. The van der Waals surface area contributed by atoms with E-state index < -0.39 is 5.54 Å². The minimum absolute atomic E-state index is 0.494.